The van der Waals surface area contributed by atoms with Gasteiger partial charge in [-0.15, -0.1) is 0 Å². The van der Waals surface area contributed by atoms with E-state index < -0.39 is 0 Å². The molecule has 5 heteroatoms. The van der Waals surface area contributed by atoms with E-state index in [1.54, 1.807) is 4.90 Å². The summed E-state index contributed by atoms with van der Waals surface area (Å²) >= 11 is 0. The van der Waals surface area contributed by atoms with Gasteiger partial charge in [0.05, 0.1) is 0 Å². The van der Waals surface area contributed by atoms with Gasteiger partial charge in [0.25, 0.3) is 0 Å². The average molecular weight is 279 g/mol. The largest absolute Gasteiger partial charge is 0.352 e. The molecule has 1 aliphatic heterocycles. The molecule has 112 valence electrons. The van der Waals surface area contributed by atoms with Gasteiger partial charge < -0.3 is 16.0 Å². The minimum absolute atomic E-state index is 0.0501. The fourth-order valence-electron chi connectivity index (χ4n) is 3.52. The summed E-state index contributed by atoms with van der Waals surface area (Å²) in [6, 6.07) is 0.296. The van der Waals surface area contributed by atoms with E-state index in [4.69, 9.17) is 5.73 Å². The second-order valence-electron chi connectivity index (χ2n) is 6.59. The Morgan fingerprint density at radius 3 is 2.55 bits per heavy atom. The number of hydrogen-bond acceptors (Lipinski definition) is 3. The van der Waals surface area contributed by atoms with Crippen LogP contribution in [0.2, 0.25) is 0 Å². The van der Waals surface area contributed by atoms with Crippen LogP contribution in [-0.4, -0.2) is 41.4 Å². The van der Waals surface area contributed by atoms with Gasteiger partial charge in [0, 0.05) is 25.0 Å². The third-order valence-corrected chi connectivity index (χ3v) is 4.95. The molecule has 0 spiro atoms. The van der Waals surface area contributed by atoms with Gasteiger partial charge in [0.15, 0.2) is 0 Å². The lowest BCUT2D eigenvalue weighted by Gasteiger charge is -2.26. The van der Waals surface area contributed by atoms with E-state index in [2.05, 4.69) is 5.32 Å². The van der Waals surface area contributed by atoms with Gasteiger partial charge in [-0.05, 0) is 44.4 Å². The number of hydrogen-bond donors (Lipinski definition) is 2. The molecule has 3 fully saturated rings. The number of carbonyl (C=O) groups is 2. The molecule has 3 rings (SSSR count). The van der Waals surface area contributed by atoms with E-state index in [0.717, 1.165) is 51.5 Å². The van der Waals surface area contributed by atoms with Crippen molar-refractivity contribution in [2.24, 2.45) is 11.7 Å². The summed E-state index contributed by atoms with van der Waals surface area (Å²) in [5.41, 5.74) is 6.04. The Morgan fingerprint density at radius 2 is 1.90 bits per heavy atom. The van der Waals surface area contributed by atoms with Gasteiger partial charge >= 0.3 is 0 Å². The summed E-state index contributed by atoms with van der Waals surface area (Å²) in [6.07, 6.45) is 7.65. The molecule has 0 aromatic heterocycles. The summed E-state index contributed by atoms with van der Waals surface area (Å²) < 4.78 is 0. The molecule has 0 bridgehead atoms. The maximum absolute atomic E-state index is 12.5. The zero-order valence-electron chi connectivity index (χ0n) is 12.0. The fraction of sp³-hybridized carbons (Fsp3) is 0.867. The standard InChI is InChI=1S/C15H25N3O2/c16-12-4-1-3-10(12)9-14(19)18-8-2-5-13(18)15(20)17-11-6-7-11/h10-13H,1-9,16H2,(H,17,20)/t10-,12+,13?/m0/s1. The minimum Gasteiger partial charge on any atom is -0.352 e. The molecule has 20 heavy (non-hydrogen) atoms. The molecule has 2 aliphatic carbocycles. The van der Waals surface area contributed by atoms with Gasteiger partial charge in [0.2, 0.25) is 11.8 Å². The lowest BCUT2D eigenvalue weighted by Crippen LogP contribution is -2.47. The Bertz CT molecular complexity index is 395. The molecule has 2 saturated carbocycles. The van der Waals surface area contributed by atoms with Gasteiger partial charge in [-0.1, -0.05) is 6.42 Å². The monoisotopic (exact) mass is 279 g/mol. The summed E-state index contributed by atoms with van der Waals surface area (Å²) in [5.74, 6) is 0.491. The van der Waals surface area contributed by atoms with Crippen molar-refractivity contribution in [3.05, 3.63) is 0 Å². The highest BCUT2D eigenvalue weighted by molar-refractivity contribution is 5.88. The number of rotatable bonds is 4. The highest BCUT2D eigenvalue weighted by Crippen LogP contribution is 2.29. The third-order valence-electron chi connectivity index (χ3n) is 4.95. The van der Waals surface area contributed by atoms with Gasteiger partial charge in [-0.2, -0.15) is 0 Å². The summed E-state index contributed by atoms with van der Waals surface area (Å²) in [5, 5.41) is 3.03. The molecule has 0 aromatic rings. The van der Waals surface area contributed by atoms with Crippen molar-refractivity contribution < 1.29 is 9.59 Å². The third kappa shape index (κ3) is 2.97. The van der Waals surface area contributed by atoms with Crippen LogP contribution in [-0.2, 0) is 9.59 Å². The first-order valence-electron chi connectivity index (χ1n) is 8.00. The highest BCUT2D eigenvalue weighted by atomic mass is 16.2. The van der Waals surface area contributed by atoms with Crippen LogP contribution in [0.25, 0.3) is 0 Å². The first-order valence-corrected chi connectivity index (χ1v) is 8.00. The van der Waals surface area contributed by atoms with E-state index in [0.29, 0.717) is 18.4 Å². The fourth-order valence-corrected chi connectivity index (χ4v) is 3.52. The first kappa shape index (κ1) is 13.9. The number of amides is 2. The lowest BCUT2D eigenvalue weighted by molar-refractivity contribution is -0.139. The average Bonchev–Trinajstić information content (AvgIpc) is 2.94. The molecule has 3 aliphatic rings. The van der Waals surface area contributed by atoms with Crippen molar-refractivity contribution in [1.82, 2.24) is 10.2 Å². The van der Waals surface area contributed by atoms with Crippen LogP contribution in [0.15, 0.2) is 0 Å². The van der Waals surface area contributed by atoms with Crippen molar-refractivity contribution >= 4 is 11.8 Å². The van der Waals surface area contributed by atoms with E-state index in [1.807, 2.05) is 0 Å². The van der Waals surface area contributed by atoms with Crippen LogP contribution in [0, 0.1) is 5.92 Å². The molecule has 0 aromatic carbocycles. The van der Waals surface area contributed by atoms with Crippen molar-refractivity contribution in [1.29, 1.82) is 0 Å². The molecular formula is C15H25N3O2. The van der Waals surface area contributed by atoms with Gasteiger partial charge in [-0.25, -0.2) is 0 Å². The van der Waals surface area contributed by atoms with E-state index in [1.165, 1.54) is 0 Å². The number of likely N-dealkylation sites (tertiary alicyclic amines) is 1. The molecule has 1 unspecified atom stereocenters. The maximum Gasteiger partial charge on any atom is 0.243 e. The van der Waals surface area contributed by atoms with Crippen LogP contribution in [0.4, 0.5) is 0 Å². The molecule has 1 heterocycles. The molecule has 3 N–H and O–H groups in total. The van der Waals surface area contributed by atoms with E-state index in [9.17, 15) is 9.59 Å². The lowest BCUT2D eigenvalue weighted by atomic mass is 9.99. The topological polar surface area (TPSA) is 75.4 Å². The zero-order chi connectivity index (χ0) is 14.1. The Hall–Kier alpha value is -1.10. The highest BCUT2D eigenvalue weighted by Gasteiger charge is 2.37. The number of carbonyl (C=O) groups excluding carboxylic acids is 2. The van der Waals surface area contributed by atoms with Crippen LogP contribution < -0.4 is 11.1 Å². The summed E-state index contributed by atoms with van der Waals surface area (Å²) in [7, 11) is 0. The molecule has 2 amide bonds. The first-order chi connectivity index (χ1) is 9.65. The molecule has 5 nitrogen and oxygen atoms in total. The Kier molecular flexibility index (Phi) is 3.96. The predicted octanol–water partition coefficient (Wildman–Crippen LogP) is 0.773. The zero-order valence-corrected chi connectivity index (χ0v) is 12.0. The second kappa shape index (κ2) is 5.72. The van der Waals surface area contributed by atoms with E-state index >= 15 is 0 Å². The van der Waals surface area contributed by atoms with Crippen molar-refractivity contribution in [3.8, 4) is 0 Å². The predicted molar refractivity (Wildman–Crippen MR) is 75.8 cm³/mol. The summed E-state index contributed by atoms with van der Waals surface area (Å²) in [4.78, 5) is 26.4. The number of nitrogens with two attached hydrogens (primary N) is 1. The minimum atomic E-state index is -0.235. The Labute approximate surface area is 120 Å². The number of nitrogens with one attached hydrogen (secondary N) is 1. The molecule has 1 saturated heterocycles. The van der Waals surface area contributed by atoms with Crippen molar-refractivity contribution in [2.45, 2.75) is 69.5 Å². The number of nitrogens with zero attached hydrogens (tertiary/aromatic N) is 1. The summed E-state index contributed by atoms with van der Waals surface area (Å²) in [6.45, 7) is 0.726. The van der Waals surface area contributed by atoms with Crippen molar-refractivity contribution in [3.63, 3.8) is 0 Å². The van der Waals surface area contributed by atoms with Gasteiger partial charge in [-0.3, -0.25) is 9.59 Å². The van der Waals surface area contributed by atoms with E-state index in [-0.39, 0.29) is 23.9 Å². The van der Waals surface area contributed by atoms with Gasteiger partial charge in [0.1, 0.15) is 6.04 Å². The normalized spacial score (nSPS) is 33.5. The van der Waals surface area contributed by atoms with Crippen molar-refractivity contribution in [2.75, 3.05) is 6.54 Å². The smallest absolute Gasteiger partial charge is 0.243 e. The Balaban J connectivity index is 1.56. The second-order valence-corrected chi connectivity index (χ2v) is 6.59. The molecule has 3 atom stereocenters. The maximum atomic E-state index is 12.5. The quantitative estimate of drug-likeness (QED) is 0.798. The van der Waals surface area contributed by atoms with Crippen LogP contribution in [0.5, 0.6) is 0 Å². The van der Waals surface area contributed by atoms with Crippen LogP contribution in [0.1, 0.15) is 51.4 Å². The molecule has 0 radical (unpaired) electrons. The molecular weight excluding hydrogens is 254 g/mol. The van der Waals surface area contributed by atoms with Crippen LogP contribution >= 0.6 is 0 Å². The Morgan fingerprint density at radius 1 is 1.10 bits per heavy atom. The SMILES string of the molecule is N[C@@H]1CCC[C@H]1CC(=O)N1CCCC1C(=O)NC1CC1. The van der Waals surface area contributed by atoms with Crippen LogP contribution in [0.3, 0.4) is 0 Å².